The van der Waals surface area contributed by atoms with E-state index in [-0.39, 0.29) is 39.3 Å². The number of halogens is 1. The van der Waals surface area contributed by atoms with Crippen molar-refractivity contribution in [3.8, 4) is 0 Å². The van der Waals surface area contributed by atoms with Crippen LogP contribution in [0.5, 0.6) is 0 Å². The van der Waals surface area contributed by atoms with Gasteiger partial charge < -0.3 is 29.5 Å². The molecule has 7 unspecified atom stereocenters. The summed E-state index contributed by atoms with van der Waals surface area (Å²) < 4.78 is 18.7. The lowest BCUT2D eigenvalue weighted by molar-refractivity contribution is -0.204. The summed E-state index contributed by atoms with van der Waals surface area (Å²) in [5, 5.41) is 13.6. The second kappa shape index (κ2) is 11.6. The van der Waals surface area contributed by atoms with Crippen LogP contribution in [0.3, 0.4) is 0 Å². The molecule has 2 aromatic rings. The number of hydroxylamine groups is 2. The maximum atomic E-state index is 14.8. The van der Waals surface area contributed by atoms with E-state index in [1.165, 1.54) is 4.90 Å². The lowest BCUT2D eigenvalue weighted by Gasteiger charge is -2.50. The molecule has 3 heterocycles. The van der Waals surface area contributed by atoms with Gasteiger partial charge in [0.25, 0.3) is 0 Å². The Balaban J connectivity index is 1.37. The minimum absolute atomic E-state index is 0.00530. The molecule has 1 aliphatic carbocycles. The van der Waals surface area contributed by atoms with Crippen LogP contribution in [-0.4, -0.2) is 96.3 Å². The molecule has 4 fully saturated rings. The van der Waals surface area contributed by atoms with Crippen LogP contribution >= 0.6 is 22.6 Å². The van der Waals surface area contributed by atoms with E-state index in [1.807, 2.05) is 54.6 Å². The van der Waals surface area contributed by atoms with Gasteiger partial charge in [-0.3, -0.25) is 19.2 Å². The standard InChI is InChI=1S/C29H32IN3O8/c1-32(20(26(35)31-11-12-34)13-17-5-3-2-4-6-17)28(37)29-14-21-22-23(39-16-38-22)25(29)41-33(24(29)27(36)40-21)15-18-7-9-19(30)10-8-18/h2-10,20-25,34H,11-16H2,1H3,(H,31,35). The van der Waals surface area contributed by atoms with Gasteiger partial charge in [-0.1, -0.05) is 42.5 Å². The van der Waals surface area contributed by atoms with Gasteiger partial charge in [-0.05, 0) is 45.9 Å². The van der Waals surface area contributed by atoms with E-state index in [9.17, 15) is 19.5 Å². The van der Waals surface area contributed by atoms with Gasteiger partial charge in [0.05, 0.1) is 13.2 Å². The van der Waals surface area contributed by atoms with E-state index in [0.29, 0.717) is 0 Å². The van der Waals surface area contributed by atoms with Crippen molar-refractivity contribution in [1.29, 1.82) is 0 Å². The van der Waals surface area contributed by atoms with Crippen molar-refractivity contribution < 1.29 is 38.5 Å². The lowest BCUT2D eigenvalue weighted by Crippen LogP contribution is -2.70. The molecule has 41 heavy (non-hydrogen) atoms. The van der Waals surface area contributed by atoms with Gasteiger partial charge in [-0.25, -0.2) is 0 Å². The molecule has 12 heteroatoms. The Morgan fingerprint density at radius 2 is 1.85 bits per heavy atom. The highest BCUT2D eigenvalue weighted by Crippen LogP contribution is 2.56. The number of carbonyl (C=O) groups is 3. The normalized spacial score (nSPS) is 30.8. The number of rotatable bonds is 9. The number of amides is 2. The number of likely N-dealkylation sites (N-methyl/N-ethyl adjacent to an activating group) is 1. The van der Waals surface area contributed by atoms with Crippen molar-refractivity contribution in [2.24, 2.45) is 5.41 Å². The average molecular weight is 677 g/mol. The lowest BCUT2D eigenvalue weighted by atomic mass is 9.62. The Kier molecular flexibility index (Phi) is 8.04. The fourth-order valence-corrected chi connectivity index (χ4v) is 6.95. The summed E-state index contributed by atoms with van der Waals surface area (Å²) in [7, 11) is 1.58. The summed E-state index contributed by atoms with van der Waals surface area (Å²) in [4.78, 5) is 49.7. The third-order valence-electron chi connectivity index (χ3n) is 8.50. The van der Waals surface area contributed by atoms with Crippen molar-refractivity contribution >= 4 is 40.4 Å². The Labute approximate surface area is 251 Å². The number of fused-ring (bicyclic) bond motifs is 4. The van der Waals surface area contributed by atoms with Crippen LogP contribution in [-0.2, 0) is 46.4 Å². The molecule has 2 N–H and O–H groups in total. The quantitative estimate of drug-likeness (QED) is 0.296. The first-order valence-electron chi connectivity index (χ1n) is 13.6. The van der Waals surface area contributed by atoms with Crippen LogP contribution in [0.15, 0.2) is 54.6 Å². The van der Waals surface area contributed by atoms with Gasteiger partial charge in [0.2, 0.25) is 11.8 Å². The Morgan fingerprint density at radius 3 is 2.59 bits per heavy atom. The van der Waals surface area contributed by atoms with Gasteiger partial charge in [-0.2, -0.15) is 5.06 Å². The second-order valence-corrected chi connectivity index (χ2v) is 12.1. The van der Waals surface area contributed by atoms with Crippen molar-refractivity contribution in [3.05, 3.63) is 69.3 Å². The number of hydrogen-bond acceptors (Lipinski definition) is 9. The predicted molar refractivity (Wildman–Crippen MR) is 152 cm³/mol. The van der Waals surface area contributed by atoms with Gasteiger partial charge in [0.1, 0.15) is 42.7 Å². The molecule has 218 valence electrons. The predicted octanol–water partition coefficient (Wildman–Crippen LogP) is 1.01. The zero-order chi connectivity index (χ0) is 28.7. The maximum Gasteiger partial charge on any atom is 0.327 e. The highest BCUT2D eigenvalue weighted by Gasteiger charge is 2.75. The summed E-state index contributed by atoms with van der Waals surface area (Å²) in [6, 6.07) is 15.3. The van der Waals surface area contributed by atoms with Gasteiger partial charge in [0.15, 0.2) is 6.04 Å². The largest absolute Gasteiger partial charge is 0.458 e. The minimum Gasteiger partial charge on any atom is -0.458 e. The molecular formula is C29H32IN3O8. The third kappa shape index (κ3) is 5.04. The topological polar surface area (TPSA) is 127 Å². The number of ether oxygens (including phenoxy) is 3. The number of hydrogen-bond donors (Lipinski definition) is 2. The summed E-state index contributed by atoms with van der Waals surface area (Å²) in [6.07, 6.45) is -2.25. The zero-order valence-electron chi connectivity index (χ0n) is 22.5. The third-order valence-corrected chi connectivity index (χ3v) is 9.21. The molecule has 0 radical (unpaired) electrons. The Hall–Kier alpha value is -2.62. The molecule has 0 spiro atoms. The fourth-order valence-electron chi connectivity index (χ4n) is 6.59. The van der Waals surface area contributed by atoms with Crippen LogP contribution in [0.2, 0.25) is 0 Å². The number of aliphatic hydroxyl groups excluding tert-OH is 1. The summed E-state index contributed by atoms with van der Waals surface area (Å²) in [6.45, 7) is 0.0776. The van der Waals surface area contributed by atoms with Gasteiger partial charge in [0, 0.05) is 30.0 Å². The molecule has 3 aliphatic heterocycles. The highest BCUT2D eigenvalue weighted by atomic mass is 127. The summed E-state index contributed by atoms with van der Waals surface area (Å²) in [5.41, 5.74) is 0.407. The van der Waals surface area contributed by atoms with E-state index in [1.54, 1.807) is 12.1 Å². The van der Waals surface area contributed by atoms with Crippen LogP contribution < -0.4 is 5.32 Å². The molecule has 2 amide bonds. The second-order valence-electron chi connectivity index (χ2n) is 10.9. The SMILES string of the molecule is CN(C(=O)C12CC3OC(=O)C1N(Cc1ccc(I)cc1)OC2C1OCOC31)C(Cc1ccccc1)C(=O)NCCO. The number of esters is 1. The average Bonchev–Trinajstić information content (AvgIpc) is 3.60. The molecular weight excluding hydrogens is 645 g/mol. The zero-order valence-corrected chi connectivity index (χ0v) is 24.6. The molecule has 7 atom stereocenters. The van der Waals surface area contributed by atoms with Gasteiger partial charge >= 0.3 is 5.97 Å². The Morgan fingerprint density at radius 1 is 1.12 bits per heavy atom. The fraction of sp³-hybridized carbons (Fsp3) is 0.483. The van der Waals surface area contributed by atoms with E-state index >= 15 is 0 Å². The maximum absolute atomic E-state index is 14.8. The Bertz CT molecular complexity index is 1300. The van der Waals surface area contributed by atoms with Gasteiger partial charge in [-0.15, -0.1) is 0 Å². The number of nitrogens with zero attached hydrogens (tertiary/aromatic N) is 2. The molecule has 3 saturated heterocycles. The summed E-state index contributed by atoms with van der Waals surface area (Å²) in [5.74, 6) is -1.36. The smallest absolute Gasteiger partial charge is 0.327 e. The first-order chi connectivity index (χ1) is 19.8. The van der Waals surface area contributed by atoms with Crippen LogP contribution in [0, 0.1) is 8.99 Å². The first-order valence-corrected chi connectivity index (χ1v) is 14.7. The van der Waals surface area contributed by atoms with E-state index in [2.05, 4.69) is 27.9 Å². The molecule has 2 aromatic carbocycles. The van der Waals surface area contributed by atoms with Crippen molar-refractivity contribution in [2.75, 3.05) is 27.0 Å². The van der Waals surface area contributed by atoms with E-state index in [0.717, 1.165) is 14.7 Å². The molecule has 6 rings (SSSR count). The molecule has 2 bridgehead atoms. The van der Waals surface area contributed by atoms with Crippen molar-refractivity contribution in [2.45, 2.75) is 55.9 Å². The minimum atomic E-state index is -1.36. The van der Waals surface area contributed by atoms with Crippen LogP contribution in [0.25, 0.3) is 0 Å². The molecule has 1 saturated carbocycles. The highest BCUT2D eigenvalue weighted by molar-refractivity contribution is 14.1. The van der Waals surface area contributed by atoms with Crippen molar-refractivity contribution in [1.82, 2.24) is 15.3 Å². The first kappa shape index (κ1) is 28.5. The number of benzene rings is 2. The number of nitrogens with one attached hydrogen (secondary N) is 1. The van der Waals surface area contributed by atoms with E-state index in [4.69, 9.17) is 19.0 Å². The molecule has 11 nitrogen and oxygen atoms in total. The van der Waals surface area contributed by atoms with Crippen LogP contribution in [0.1, 0.15) is 17.5 Å². The number of carbonyl (C=O) groups excluding carboxylic acids is 3. The van der Waals surface area contributed by atoms with Crippen LogP contribution in [0.4, 0.5) is 0 Å². The molecule has 0 aromatic heterocycles. The monoisotopic (exact) mass is 677 g/mol. The van der Waals surface area contributed by atoms with E-state index < -0.39 is 59.7 Å². The summed E-state index contributed by atoms with van der Waals surface area (Å²) >= 11 is 2.22. The molecule has 4 aliphatic rings. The number of aliphatic hydroxyl groups is 1. The van der Waals surface area contributed by atoms with Crippen molar-refractivity contribution in [3.63, 3.8) is 0 Å².